The Balaban J connectivity index is 1.87. The summed E-state index contributed by atoms with van der Waals surface area (Å²) >= 11 is 0. The highest BCUT2D eigenvalue weighted by Crippen LogP contribution is 2.35. The largest absolute Gasteiger partial charge is 0.316 e. The van der Waals surface area contributed by atoms with Crippen molar-refractivity contribution in [2.45, 2.75) is 52.4 Å². The highest BCUT2D eigenvalue weighted by Gasteiger charge is 2.35. The van der Waals surface area contributed by atoms with Gasteiger partial charge in [-0.25, -0.2) is 0 Å². The van der Waals surface area contributed by atoms with Crippen LogP contribution in [0.3, 0.4) is 0 Å². The fraction of sp³-hybridized carbons (Fsp3) is 1.00. The van der Waals surface area contributed by atoms with E-state index in [1.807, 2.05) is 0 Å². The number of hydrogen-bond donors (Lipinski definition) is 1. The monoisotopic (exact) mass is 238 g/mol. The van der Waals surface area contributed by atoms with Crippen molar-refractivity contribution in [3.05, 3.63) is 0 Å². The Bertz CT molecular complexity index is 217. The van der Waals surface area contributed by atoms with E-state index in [0.717, 1.165) is 5.92 Å². The minimum Gasteiger partial charge on any atom is -0.316 e. The van der Waals surface area contributed by atoms with E-state index < -0.39 is 0 Å². The Hall–Kier alpha value is -0.0800. The summed E-state index contributed by atoms with van der Waals surface area (Å²) in [6.45, 7) is 11.2. The minimum atomic E-state index is 0.596. The van der Waals surface area contributed by atoms with E-state index in [9.17, 15) is 0 Å². The summed E-state index contributed by atoms with van der Waals surface area (Å²) in [4.78, 5) is 2.76. The molecule has 100 valence electrons. The summed E-state index contributed by atoms with van der Waals surface area (Å²) in [6, 6.07) is 0. The number of hydrogen-bond acceptors (Lipinski definition) is 2. The second kappa shape index (κ2) is 6.19. The van der Waals surface area contributed by atoms with Gasteiger partial charge in [0.2, 0.25) is 0 Å². The fourth-order valence-corrected chi connectivity index (χ4v) is 3.44. The second-order valence-corrected chi connectivity index (χ2v) is 6.36. The van der Waals surface area contributed by atoms with Gasteiger partial charge in [0.05, 0.1) is 0 Å². The molecule has 0 bridgehead atoms. The van der Waals surface area contributed by atoms with Crippen molar-refractivity contribution in [3.63, 3.8) is 0 Å². The van der Waals surface area contributed by atoms with Gasteiger partial charge in [-0.15, -0.1) is 0 Å². The van der Waals surface area contributed by atoms with Gasteiger partial charge in [0, 0.05) is 19.6 Å². The molecule has 2 nitrogen and oxygen atoms in total. The maximum atomic E-state index is 3.59. The molecule has 1 saturated heterocycles. The molecule has 1 unspecified atom stereocenters. The Morgan fingerprint density at radius 1 is 1.24 bits per heavy atom. The van der Waals surface area contributed by atoms with Gasteiger partial charge in [-0.2, -0.15) is 0 Å². The molecule has 0 spiro atoms. The van der Waals surface area contributed by atoms with Gasteiger partial charge in [-0.3, -0.25) is 0 Å². The predicted molar refractivity (Wildman–Crippen MR) is 74.3 cm³/mol. The first-order valence-electron chi connectivity index (χ1n) is 7.71. The molecule has 0 aromatic rings. The smallest absolute Gasteiger partial charge is 0.00507 e. The van der Waals surface area contributed by atoms with Crippen molar-refractivity contribution >= 4 is 0 Å². The van der Waals surface area contributed by atoms with Crippen LogP contribution in [-0.2, 0) is 0 Å². The number of rotatable bonds is 8. The van der Waals surface area contributed by atoms with Crippen LogP contribution in [-0.4, -0.2) is 37.6 Å². The summed E-state index contributed by atoms with van der Waals surface area (Å²) in [5, 5.41) is 3.59. The van der Waals surface area contributed by atoms with Crippen molar-refractivity contribution in [1.29, 1.82) is 0 Å². The topological polar surface area (TPSA) is 15.3 Å². The van der Waals surface area contributed by atoms with Crippen LogP contribution in [0.25, 0.3) is 0 Å². The summed E-state index contributed by atoms with van der Waals surface area (Å²) in [7, 11) is 0. The normalized spacial score (nSPS) is 29.1. The van der Waals surface area contributed by atoms with Crippen molar-refractivity contribution < 1.29 is 0 Å². The fourth-order valence-electron chi connectivity index (χ4n) is 3.44. The van der Waals surface area contributed by atoms with E-state index in [0.29, 0.717) is 5.41 Å². The van der Waals surface area contributed by atoms with E-state index in [-0.39, 0.29) is 0 Å². The third-order valence-corrected chi connectivity index (χ3v) is 4.42. The lowest BCUT2D eigenvalue weighted by atomic mass is 9.82. The van der Waals surface area contributed by atoms with Gasteiger partial charge in [0.1, 0.15) is 0 Å². The third kappa shape index (κ3) is 3.96. The highest BCUT2D eigenvalue weighted by molar-refractivity contribution is 4.91. The zero-order valence-electron chi connectivity index (χ0n) is 11.8. The van der Waals surface area contributed by atoms with Crippen LogP contribution in [0, 0.1) is 11.3 Å². The molecule has 0 aromatic heterocycles. The molecule has 2 fully saturated rings. The maximum Gasteiger partial charge on any atom is 0.00507 e. The minimum absolute atomic E-state index is 0.596. The van der Waals surface area contributed by atoms with E-state index in [1.165, 1.54) is 71.2 Å². The molecule has 1 heterocycles. The van der Waals surface area contributed by atoms with Crippen LogP contribution < -0.4 is 5.32 Å². The van der Waals surface area contributed by atoms with Crippen molar-refractivity contribution in [3.8, 4) is 0 Å². The molecule has 2 rings (SSSR count). The first-order valence-corrected chi connectivity index (χ1v) is 7.71. The van der Waals surface area contributed by atoms with E-state index >= 15 is 0 Å². The Labute approximate surface area is 107 Å². The van der Waals surface area contributed by atoms with Gasteiger partial charge in [-0.05, 0) is 56.5 Å². The van der Waals surface area contributed by atoms with E-state index in [1.54, 1.807) is 0 Å². The molecule has 0 aromatic carbocycles. The van der Waals surface area contributed by atoms with Crippen LogP contribution in [0.4, 0.5) is 0 Å². The molecule has 0 radical (unpaired) electrons. The quantitative estimate of drug-likeness (QED) is 0.699. The van der Waals surface area contributed by atoms with Gasteiger partial charge < -0.3 is 10.2 Å². The highest BCUT2D eigenvalue weighted by atomic mass is 15.1. The second-order valence-electron chi connectivity index (χ2n) is 6.36. The number of nitrogens with zero attached hydrogens (tertiary/aromatic N) is 1. The molecule has 1 atom stereocenters. The van der Waals surface area contributed by atoms with Gasteiger partial charge in [-0.1, -0.05) is 20.3 Å². The van der Waals surface area contributed by atoms with E-state index in [4.69, 9.17) is 0 Å². The van der Waals surface area contributed by atoms with Gasteiger partial charge in [0.25, 0.3) is 0 Å². The average molecular weight is 238 g/mol. The third-order valence-electron chi connectivity index (χ3n) is 4.42. The zero-order valence-corrected chi connectivity index (χ0v) is 11.8. The van der Waals surface area contributed by atoms with Crippen LogP contribution >= 0.6 is 0 Å². The van der Waals surface area contributed by atoms with Gasteiger partial charge in [0.15, 0.2) is 0 Å². The summed E-state index contributed by atoms with van der Waals surface area (Å²) in [5.41, 5.74) is 0.596. The van der Waals surface area contributed by atoms with Crippen LogP contribution in [0.5, 0.6) is 0 Å². The lowest BCUT2D eigenvalue weighted by molar-refractivity contribution is 0.147. The molecular weight excluding hydrogens is 208 g/mol. The molecule has 2 aliphatic rings. The molecule has 2 heteroatoms. The molecular formula is C15H30N2. The summed E-state index contributed by atoms with van der Waals surface area (Å²) in [5.74, 6) is 1.04. The molecule has 1 saturated carbocycles. The SMILES string of the molecule is CCCN(CC1CC1)CC1(CCC)CCNC1. The standard InChI is InChI=1S/C15H30N2/c1-3-7-15(8-9-16-12-15)13-17(10-4-2)11-14-5-6-14/h14,16H,3-13H2,1-2H3. The lowest BCUT2D eigenvalue weighted by Crippen LogP contribution is -2.40. The Kier molecular flexibility index (Phi) is 4.87. The first-order chi connectivity index (χ1) is 8.28. The van der Waals surface area contributed by atoms with Crippen LogP contribution in [0.2, 0.25) is 0 Å². The lowest BCUT2D eigenvalue weighted by Gasteiger charge is -2.35. The molecule has 1 aliphatic heterocycles. The Morgan fingerprint density at radius 2 is 2.06 bits per heavy atom. The predicted octanol–water partition coefficient (Wildman–Crippen LogP) is 2.89. The molecule has 17 heavy (non-hydrogen) atoms. The molecule has 0 amide bonds. The van der Waals surface area contributed by atoms with E-state index in [2.05, 4.69) is 24.1 Å². The average Bonchev–Trinajstić information content (AvgIpc) is 2.99. The molecule has 1 aliphatic carbocycles. The summed E-state index contributed by atoms with van der Waals surface area (Å²) in [6.07, 6.45) is 8.42. The zero-order chi connectivity index (χ0) is 12.1. The summed E-state index contributed by atoms with van der Waals surface area (Å²) < 4.78 is 0. The Morgan fingerprint density at radius 3 is 2.59 bits per heavy atom. The van der Waals surface area contributed by atoms with Crippen LogP contribution in [0.1, 0.15) is 52.4 Å². The van der Waals surface area contributed by atoms with Crippen LogP contribution in [0.15, 0.2) is 0 Å². The number of nitrogens with one attached hydrogen (secondary N) is 1. The van der Waals surface area contributed by atoms with Crippen molar-refractivity contribution in [2.75, 3.05) is 32.7 Å². The maximum absolute atomic E-state index is 3.59. The van der Waals surface area contributed by atoms with Crippen molar-refractivity contribution in [2.24, 2.45) is 11.3 Å². The molecule has 1 N–H and O–H groups in total. The van der Waals surface area contributed by atoms with Gasteiger partial charge >= 0.3 is 0 Å². The van der Waals surface area contributed by atoms with Crippen molar-refractivity contribution in [1.82, 2.24) is 10.2 Å². The first kappa shape index (κ1) is 13.4.